The molecule has 1 fully saturated rings. The van der Waals surface area contributed by atoms with Crippen molar-refractivity contribution in [1.29, 1.82) is 0 Å². The van der Waals surface area contributed by atoms with Gasteiger partial charge in [0.1, 0.15) is 0 Å². The molecule has 1 aliphatic rings. The maximum absolute atomic E-state index is 12.8. The monoisotopic (exact) mass is 417 g/mol. The van der Waals surface area contributed by atoms with Crippen LogP contribution < -0.4 is 5.32 Å². The molecule has 3 aromatic rings. The third kappa shape index (κ3) is 5.17. The quantitative estimate of drug-likeness (QED) is 0.669. The highest BCUT2D eigenvalue weighted by molar-refractivity contribution is 5.95. The van der Waals surface area contributed by atoms with Gasteiger partial charge in [0, 0.05) is 50.8 Å². The molecule has 31 heavy (non-hydrogen) atoms. The number of amides is 2. The zero-order valence-electron chi connectivity index (χ0n) is 17.7. The van der Waals surface area contributed by atoms with E-state index in [-0.39, 0.29) is 11.8 Å². The van der Waals surface area contributed by atoms with Crippen LogP contribution in [0.3, 0.4) is 0 Å². The standard InChI is InChI=1S/C24H27N5O2/c1-28-17-21(23(30)26-16-19-5-3-2-4-6-19)22(27-28)15-18-9-13-29(14-10-18)24(31)20-7-11-25-12-8-20/h2-8,11-12,17-18H,9-10,13-16H2,1H3,(H,26,30). The highest BCUT2D eigenvalue weighted by atomic mass is 16.2. The molecule has 160 valence electrons. The highest BCUT2D eigenvalue weighted by Crippen LogP contribution is 2.24. The van der Waals surface area contributed by atoms with Crippen molar-refractivity contribution in [1.82, 2.24) is 25.0 Å². The predicted octanol–water partition coefficient (Wildman–Crippen LogP) is 2.84. The normalized spacial score (nSPS) is 14.4. The van der Waals surface area contributed by atoms with Crippen LogP contribution in [0, 0.1) is 5.92 Å². The molecule has 0 aliphatic carbocycles. The van der Waals surface area contributed by atoms with Crippen molar-refractivity contribution in [3.63, 3.8) is 0 Å². The summed E-state index contributed by atoms with van der Waals surface area (Å²) in [5, 5.41) is 7.55. The largest absolute Gasteiger partial charge is 0.348 e. The van der Waals surface area contributed by atoms with Gasteiger partial charge in [0.15, 0.2) is 0 Å². The van der Waals surface area contributed by atoms with Gasteiger partial charge in [-0.2, -0.15) is 5.10 Å². The van der Waals surface area contributed by atoms with E-state index in [2.05, 4.69) is 15.4 Å². The van der Waals surface area contributed by atoms with Gasteiger partial charge in [-0.1, -0.05) is 30.3 Å². The molecule has 1 aromatic carbocycles. The number of benzene rings is 1. The minimum absolute atomic E-state index is 0.0552. The number of pyridine rings is 1. The summed E-state index contributed by atoms with van der Waals surface area (Å²) in [6.45, 7) is 1.92. The number of aryl methyl sites for hydroxylation is 1. The lowest BCUT2D eigenvalue weighted by Gasteiger charge is -2.32. The Balaban J connectivity index is 1.34. The third-order valence-corrected chi connectivity index (χ3v) is 5.76. The fraction of sp³-hybridized carbons (Fsp3) is 0.333. The Hall–Kier alpha value is -3.48. The van der Waals surface area contributed by atoms with Gasteiger partial charge in [-0.05, 0) is 42.9 Å². The van der Waals surface area contributed by atoms with Crippen LogP contribution in [0.5, 0.6) is 0 Å². The Kier molecular flexibility index (Phi) is 6.40. The van der Waals surface area contributed by atoms with Crippen molar-refractivity contribution in [3.05, 3.63) is 83.4 Å². The number of nitrogens with zero attached hydrogens (tertiary/aromatic N) is 4. The number of aromatic nitrogens is 3. The van der Waals surface area contributed by atoms with E-state index in [1.165, 1.54) is 0 Å². The van der Waals surface area contributed by atoms with Crippen LogP contribution in [0.1, 0.15) is 44.8 Å². The van der Waals surface area contributed by atoms with Crippen LogP contribution >= 0.6 is 0 Å². The first-order valence-electron chi connectivity index (χ1n) is 10.6. The van der Waals surface area contributed by atoms with E-state index in [4.69, 9.17) is 0 Å². The summed E-state index contributed by atoms with van der Waals surface area (Å²) in [5.74, 6) is 0.356. The first-order valence-corrected chi connectivity index (χ1v) is 10.6. The summed E-state index contributed by atoms with van der Waals surface area (Å²) < 4.78 is 1.70. The van der Waals surface area contributed by atoms with E-state index < -0.39 is 0 Å². The lowest BCUT2D eigenvalue weighted by atomic mass is 9.91. The topological polar surface area (TPSA) is 80.1 Å². The van der Waals surface area contributed by atoms with Gasteiger partial charge in [-0.15, -0.1) is 0 Å². The van der Waals surface area contributed by atoms with E-state index in [9.17, 15) is 9.59 Å². The highest BCUT2D eigenvalue weighted by Gasteiger charge is 2.26. The summed E-state index contributed by atoms with van der Waals surface area (Å²) in [6.07, 6.45) is 7.62. The van der Waals surface area contributed by atoms with Crippen LogP contribution in [-0.2, 0) is 20.0 Å². The van der Waals surface area contributed by atoms with E-state index in [1.807, 2.05) is 42.3 Å². The average Bonchev–Trinajstić information content (AvgIpc) is 3.18. The number of rotatable bonds is 6. The SMILES string of the molecule is Cn1cc(C(=O)NCc2ccccc2)c(CC2CCN(C(=O)c3ccncc3)CC2)n1. The van der Waals surface area contributed by atoms with Crippen LogP contribution in [0.25, 0.3) is 0 Å². The zero-order chi connectivity index (χ0) is 21.6. The molecule has 1 saturated heterocycles. The van der Waals surface area contributed by atoms with Crippen molar-refractivity contribution in [3.8, 4) is 0 Å². The maximum Gasteiger partial charge on any atom is 0.255 e. The molecule has 4 rings (SSSR count). The van der Waals surface area contributed by atoms with Gasteiger partial charge in [-0.3, -0.25) is 19.3 Å². The van der Waals surface area contributed by atoms with E-state index in [0.29, 0.717) is 36.7 Å². The zero-order valence-corrected chi connectivity index (χ0v) is 17.7. The fourth-order valence-electron chi connectivity index (χ4n) is 4.04. The van der Waals surface area contributed by atoms with E-state index in [0.717, 1.165) is 30.5 Å². The van der Waals surface area contributed by atoms with Gasteiger partial charge in [0.05, 0.1) is 11.3 Å². The number of nitrogens with one attached hydrogen (secondary N) is 1. The molecule has 7 nitrogen and oxygen atoms in total. The number of likely N-dealkylation sites (tertiary alicyclic amines) is 1. The second-order valence-electron chi connectivity index (χ2n) is 8.01. The summed E-state index contributed by atoms with van der Waals surface area (Å²) >= 11 is 0. The Morgan fingerprint density at radius 3 is 2.48 bits per heavy atom. The molecule has 0 bridgehead atoms. The molecular weight excluding hydrogens is 390 g/mol. The van der Waals surface area contributed by atoms with Gasteiger partial charge in [0.2, 0.25) is 0 Å². The lowest BCUT2D eigenvalue weighted by Crippen LogP contribution is -2.39. The second kappa shape index (κ2) is 9.55. The van der Waals surface area contributed by atoms with Crippen molar-refractivity contribution in [2.75, 3.05) is 13.1 Å². The van der Waals surface area contributed by atoms with Gasteiger partial charge in [-0.25, -0.2) is 0 Å². The van der Waals surface area contributed by atoms with Crippen molar-refractivity contribution in [2.24, 2.45) is 13.0 Å². The molecular formula is C24H27N5O2. The van der Waals surface area contributed by atoms with Crippen LogP contribution in [0.2, 0.25) is 0 Å². The van der Waals surface area contributed by atoms with Crippen molar-refractivity contribution in [2.45, 2.75) is 25.8 Å². The van der Waals surface area contributed by atoms with Gasteiger partial charge >= 0.3 is 0 Å². The lowest BCUT2D eigenvalue weighted by molar-refractivity contribution is 0.0690. The number of hydrogen-bond acceptors (Lipinski definition) is 4. The molecule has 3 heterocycles. The molecule has 0 saturated carbocycles. The minimum Gasteiger partial charge on any atom is -0.348 e. The summed E-state index contributed by atoms with van der Waals surface area (Å²) in [7, 11) is 1.84. The van der Waals surface area contributed by atoms with Crippen molar-refractivity contribution < 1.29 is 9.59 Å². The molecule has 2 aromatic heterocycles. The third-order valence-electron chi connectivity index (χ3n) is 5.76. The Labute approximate surface area is 182 Å². The summed E-state index contributed by atoms with van der Waals surface area (Å²) in [6, 6.07) is 13.4. The molecule has 0 radical (unpaired) electrons. The predicted molar refractivity (Wildman–Crippen MR) is 117 cm³/mol. The summed E-state index contributed by atoms with van der Waals surface area (Å²) in [4.78, 5) is 31.3. The fourth-order valence-corrected chi connectivity index (χ4v) is 4.04. The van der Waals surface area contributed by atoms with E-state index in [1.54, 1.807) is 35.4 Å². The first-order chi connectivity index (χ1) is 15.1. The Morgan fingerprint density at radius 1 is 1.06 bits per heavy atom. The molecule has 0 atom stereocenters. The maximum atomic E-state index is 12.8. The van der Waals surface area contributed by atoms with Crippen LogP contribution in [0.15, 0.2) is 61.1 Å². The Bertz CT molecular complexity index is 1020. The van der Waals surface area contributed by atoms with Crippen LogP contribution in [0.4, 0.5) is 0 Å². The van der Waals surface area contributed by atoms with E-state index >= 15 is 0 Å². The number of carbonyl (C=O) groups excluding carboxylic acids is 2. The molecule has 0 spiro atoms. The van der Waals surface area contributed by atoms with Gasteiger partial charge in [0.25, 0.3) is 11.8 Å². The second-order valence-corrected chi connectivity index (χ2v) is 8.01. The number of carbonyl (C=O) groups is 2. The number of piperidine rings is 1. The van der Waals surface area contributed by atoms with Crippen LogP contribution in [-0.4, -0.2) is 44.6 Å². The summed E-state index contributed by atoms with van der Waals surface area (Å²) in [5.41, 5.74) is 3.20. The Morgan fingerprint density at radius 2 is 1.77 bits per heavy atom. The smallest absolute Gasteiger partial charge is 0.255 e. The molecule has 1 aliphatic heterocycles. The first kappa shape index (κ1) is 20.8. The number of hydrogen-bond donors (Lipinski definition) is 1. The molecule has 1 N–H and O–H groups in total. The molecule has 2 amide bonds. The molecule has 0 unspecified atom stereocenters. The molecule has 7 heteroatoms. The van der Waals surface area contributed by atoms with Gasteiger partial charge < -0.3 is 10.2 Å². The van der Waals surface area contributed by atoms with Crippen molar-refractivity contribution >= 4 is 11.8 Å². The minimum atomic E-state index is -0.0998. The average molecular weight is 418 g/mol.